The van der Waals surface area contributed by atoms with Crippen molar-refractivity contribution in [2.45, 2.75) is 19.3 Å². The summed E-state index contributed by atoms with van der Waals surface area (Å²) in [5.74, 6) is 0.319. The van der Waals surface area contributed by atoms with E-state index in [4.69, 9.17) is 0 Å². The lowest BCUT2D eigenvalue weighted by molar-refractivity contribution is 0.0789. The summed E-state index contributed by atoms with van der Waals surface area (Å²) in [6, 6.07) is 0. The van der Waals surface area contributed by atoms with Crippen LogP contribution in [0.2, 0.25) is 0 Å². The zero-order chi connectivity index (χ0) is 15.1. The first-order chi connectivity index (χ1) is 10.7. The third kappa shape index (κ3) is 2.09. The van der Waals surface area contributed by atoms with E-state index in [0.29, 0.717) is 18.0 Å². The molecule has 22 heavy (non-hydrogen) atoms. The molecule has 4 heterocycles. The largest absolute Gasteiger partial charge is 0.338 e. The number of rotatable bonds is 2. The lowest BCUT2D eigenvalue weighted by Gasteiger charge is -2.16. The highest BCUT2D eigenvalue weighted by molar-refractivity contribution is 7.15. The summed E-state index contributed by atoms with van der Waals surface area (Å²) in [6.07, 6.45) is 7.88. The molecule has 1 aliphatic heterocycles. The van der Waals surface area contributed by atoms with Crippen molar-refractivity contribution in [3.05, 3.63) is 47.4 Å². The van der Waals surface area contributed by atoms with Crippen LogP contribution >= 0.6 is 11.3 Å². The second-order valence-electron chi connectivity index (χ2n) is 5.50. The smallest absolute Gasteiger partial charge is 0.257 e. The fourth-order valence-corrected chi connectivity index (χ4v) is 3.86. The second-order valence-corrected chi connectivity index (χ2v) is 6.40. The molecule has 0 saturated carbocycles. The second kappa shape index (κ2) is 5.17. The van der Waals surface area contributed by atoms with E-state index in [1.54, 1.807) is 17.5 Å². The van der Waals surface area contributed by atoms with Gasteiger partial charge in [0.1, 0.15) is 17.5 Å². The van der Waals surface area contributed by atoms with Gasteiger partial charge in [-0.15, -0.1) is 11.3 Å². The minimum absolute atomic E-state index is 0.0160. The molecule has 0 N–H and O–H groups in total. The first-order valence-corrected chi connectivity index (χ1v) is 8.08. The average Bonchev–Trinajstić information content (AvgIpc) is 3.23. The third-order valence-electron chi connectivity index (χ3n) is 4.18. The minimum atomic E-state index is 0.0160. The first-order valence-electron chi connectivity index (χ1n) is 7.20. The Morgan fingerprint density at radius 1 is 1.41 bits per heavy atom. The van der Waals surface area contributed by atoms with E-state index in [1.807, 2.05) is 28.7 Å². The Hall–Kier alpha value is -2.28. The predicted octanol–water partition coefficient (Wildman–Crippen LogP) is 2.12. The molecule has 1 atom stereocenters. The molecule has 1 aliphatic rings. The molecule has 3 aromatic rings. The Bertz CT molecular complexity index is 839. The quantitative estimate of drug-likeness (QED) is 0.727. The molecular formula is C15H15N5OS. The fraction of sp³-hybridized carbons (Fsp3) is 0.333. The molecule has 4 rings (SSSR count). The molecule has 1 fully saturated rings. The van der Waals surface area contributed by atoms with Crippen molar-refractivity contribution in [1.82, 2.24) is 24.3 Å². The Morgan fingerprint density at radius 2 is 2.32 bits per heavy atom. The molecular weight excluding hydrogens is 298 g/mol. The highest BCUT2D eigenvalue weighted by atomic mass is 32.1. The number of fused-ring (bicyclic) bond motifs is 1. The van der Waals surface area contributed by atoms with E-state index < -0.39 is 0 Å². The highest BCUT2D eigenvalue weighted by Gasteiger charge is 2.31. The van der Waals surface area contributed by atoms with Crippen LogP contribution in [0.15, 0.2) is 30.4 Å². The van der Waals surface area contributed by atoms with Crippen LogP contribution in [-0.4, -0.2) is 43.2 Å². The SMILES string of the molecule is Cc1ncncc1C(=O)N1CC[C@H](c2ncn3ccsc23)C1. The molecule has 1 saturated heterocycles. The van der Waals surface area contributed by atoms with Crippen molar-refractivity contribution in [2.24, 2.45) is 0 Å². The normalized spacial score (nSPS) is 18.2. The molecule has 0 unspecified atom stereocenters. The lowest BCUT2D eigenvalue weighted by Crippen LogP contribution is -2.29. The molecule has 3 aromatic heterocycles. The van der Waals surface area contributed by atoms with Crippen molar-refractivity contribution in [3.63, 3.8) is 0 Å². The number of thiazole rings is 1. The molecule has 112 valence electrons. The number of likely N-dealkylation sites (tertiary alicyclic amines) is 1. The van der Waals surface area contributed by atoms with Crippen LogP contribution < -0.4 is 0 Å². The number of aryl methyl sites for hydroxylation is 1. The van der Waals surface area contributed by atoms with Gasteiger partial charge >= 0.3 is 0 Å². The van der Waals surface area contributed by atoms with Gasteiger partial charge in [-0.25, -0.2) is 15.0 Å². The van der Waals surface area contributed by atoms with Gasteiger partial charge in [-0.1, -0.05) is 0 Å². The van der Waals surface area contributed by atoms with Gasteiger partial charge in [0.05, 0.1) is 17.0 Å². The zero-order valence-electron chi connectivity index (χ0n) is 12.1. The Balaban J connectivity index is 1.57. The van der Waals surface area contributed by atoms with Crippen LogP contribution in [0.4, 0.5) is 0 Å². The standard InChI is InChI=1S/C15H15N5OS/c1-10-12(6-16-8-17-10)14(21)19-3-2-11(7-19)13-15-20(9-18-13)4-5-22-15/h4-6,8-9,11H,2-3,7H2,1H3/t11-/m0/s1. The summed E-state index contributed by atoms with van der Waals surface area (Å²) < 4.78 is 2.04. The van der Waals surface area contributed by atoms with Crippen LogP contribution in [0.25, 0.3) is 4.83 Å². The summed E-state index contributed by atoms with van der Waals surface area (Å²) >= 11 is 1.69. The maximum Gasteiger partial charge on any atom is 0.257 e. The summed E-state index contributed by atoms with van der Waals surface area (Å²) in [5, 5.41) is 2.06. The lowest BCUT2D eigenvalue weighted by atomic mass is 10.1. The molecule has 0 spiro atoms. The van der Waals surface area contributed by atoms with Gasteiger partial charge in [0.2, 0.25) is 0 Å². The Kier molecular flexibility index (Phi) is 3.15. The van der Waals surface area contributed by atoms with E-state index in [9.17, 15) is 4.79 Å². The number of hydrogen-bond acceptors (Lipinski definition) is 5. The molecule has 0 aliphatic carbocycles. The van der Waals surface area contributed by atoms with Crippen LogP contribution in [0.3, 0.4) is 0 Å². The van der Waals surface area contributed by atoms with Gasteiger partial charge in [0.15, 0.2) is 0 Å². The number of hydrogen-bond donors (Lipinski definition) is 0. The summed E-state index contributed by atoms with van der Waals surface area (Å²) in [4.78, 5) is 28.3. The number of aromatic nitrogens is 4. The van der Waals surface area contributed by atoms with Crippen LogP contribution in [-0.2, 0) is 0 Å². The topological polar surface area (TPSA) is 63.4 Å². The van der Waals surface area contributed by atoms with Crippen molar-refractivity contribution < 1.29 is 4.79 Å². The molecule has 0 aromatic carbocycles. The summed E-state index contributed by atoms with van der Waals surface area (Å²) in [5.41, 5.74) is 2.42. The number of amides is 1. The maximum absolute atomic E-state index is 12.6. The summed E-state index contributed by atoms with van der Waals surface area (Å²) in [6.45, 7) is 3.30. The Morgan fingerprint density at radius 3 is 3.18 bits per heavy atom. The van der Waals surface area contributed by atoms with Crippen molar-refractivity contribution in [3.8, 4) is 0 Å². The first kappa shape index (κ1) is 13.4. The van der Waals surface area contributed by atoms with Gasteiger partial charge in [-0.05, 0) is 13.3 Å². The van der Waals surface area contributed by atoms with Crippen LogP contribution in [0, 0.1) is 6.92 Å². The van der Waals surface area contributed by atoms with E-state index in [1.165, 1.54) is 11.2 Å². The van der Waals surface area contributed by atoms with Gasteiger partial charge in [-0.2, -0.15) is 0 Å². The number of carbonyl (C=O) groups excluding carboxylic acids is 1. The molecule has 0 bridgehead atoms. The van der Waals surface area contributed by atoms with Crippen LogP contribution in [0.1, 0.15) is 34.1 Å². The average molecular weight is 313 g/mol. The number of imidazole rings is 1. The predicted molar refractivity (Wildman–Crippen MR) is 83.1 cm³/mol. The van der Waals surface area contributed by atoms with Crippen LogP contribution in [0.5, 0.6) is 0 Å². The Labute approximate surface area is 131 Å². The van der Waals surface area contributed by atoms with Crippen molar-refractivity contribution in [1.29, 1.82) is 0 Å². The zero-order valence-corrected chi connectivity index (χ0v) is 13.0. The van der Waals surface area contributed by atoms with Gasteiger partial charge in [0, 0.05) is 36.8 Å². The number of carbonyl (C=O) groups is 1. The fourth-order valence-electron chi connectivity index (χ4n) is 2.97. The minimum Gasteiger partial charge on any atom is -0.338 e. The van der Waals surface area contributed by atoms with Crippen molar-refractivity contribution in [2.75, 3.05) is 13.1 Å². The molecule has 1 amide bonds. The van der Waals surface area contributed by atoms with Gasteiger partial charge in [0.25, 0.3) is 5.91 Å². The van der Waals surface area contributed by atoms with E-state index in [-0.39, 0.29) is 5.91 Å². The number of nitrogens with zero attached hydrogens (tertiary/aromatic N) is 5. The molecule has 6 nitrogen and oxygen atoms in total. The van der Waals surface area contributed by atoms with Gasteiger partial charge < -0.3 is 4.90 Å². The highest BCUT2D eigenvalue weighted by Crippen LogP contribution is 2.31. The van der Waals surface area contributed by atoms with Crippen molar-refractivity contribution >= 4 is 22.1 Å². The third-order valence-corrected chi connectivity index (χ3v) is 5.08. The maximum atomic E-state index is 12.6. The molecule has 7 heteroatoms. The van der Waals surface area contributed by atoms with E-state index in [0.717, 1.165) is 24.4 Å². The monoisotopic (exact) mass is 313 g/mol. The van der Waals surface area contributed by atoms with E-state index in [2.05, 4.69) is 20.3 Å². The van der Waals surface area contributed by atoms with E-state index >= 15 is 0 Å². The summed E-state index contributed by atoms with van der Waals surface area (Å²) in [7, 11) is 0. The van der Waals surface area contributed by atoms with Gasteiger partial charge in [-0.3, -0.25) is 9.20 Å². The molecule has 0 radical (unpaired) electrons.